The van der Waals surface area contributed by atoms with E-state index >= 15 is 0 Å². The number of nitrogens with one attached hydrogen (secondary N) is 1. The molecule has 0 aromatic carbocycles. The van der Waals surface area contributed by atoms with Crippen molar-refractivity contribution in [3.05, 3.63) is 0 Å². The lowest BCUT2D eigenvalue weighted by Gasteiger charge is -2.24. The number of carbonyl (C=O) groups is 1. The molecule has 2 heterocycles. The number of likely N-dealkylation sites (tertiary alicyclic amines) is 1. The lowest BCUT2D eigenvalue weighted by molar-refractivity contribution is -0.129. The fraction of sp³-hybridized carbons (Fsp3) is 0.900. The number of piperidine rings is 1. The molecule has 0 radical (unpaired) electrons. The Kier molecular flexibility index (Phi) is 2.54. The molecule has 0 aromatic heterocycles. The highest BCUT2D eigenvalue weighted by atomic mass is 16.2. The van der Waals surface area contributed by atoms with Crippen molar-refractivity contribution in [2.24, 2.45) is 5.92 Å². The molecular formula is C10H18N2O. The van der Waals surface area contributed by atoms with Crippen LogP contribution in [0.3, 0.4) is 0 Å². The van der Waals surface area contributed by atoms with Gasteiger partial charge in [-0.3, -0.25) is 4.79 Å². The first-order chi connectivity index (χ1) is 6.31. The summed E-state index contributed by atoms with van der Waals surface area (Å²) in [4.78, 5) is 13.5. The highest BCUT2D eigenvalue weighted by Gasteiger charge is 2.35. The molecule has 0 aromatic rings. The van der Waals surface area contributed by atoms with Crippen molar-refractivity contribution in [2.75, 3.05) is 19.6 Å². The standard InChI is InChI=1S/C10H18N2O/c1-2-10(13)12-6-8-4-3-5-11-9(8)7-12/h8-9,11H,2-7H2,1H3/t8-,9+/m0/s1. The Morgan fingerprint density at radius 2 is 2.38 bits per heavy atom. The molecule has 2 aliphatic heterocycles. The first-order valence-electron chi connectivity index (χ1n) is 5.32. The van der Waals surface area contributed by atoms with Gasteiger partial charge in [0, 0.05) is 25.6 Å². The summed E-state index contributed by atoms with van der Waals surface area (Å²) in [5.74, 6) is 1.04. The quantitative estimate of drug-likeness (QED) is 0.644. The first kappa shape index (κ1) is 9.00. The number of nitrogens with zero attached hydrogens (tertiary/aromatic N) is 1. The molecule has 0 spiro atoms. The SMILES string of the molecule is CCC(=O)N1C[C@@H]2CCCN[C@@H]2C1. The molecule has 0 bridgehead atoms. The second-order valence-electron chi connectivity index (χ2n) is 4.12. The van der Waals surface area contributed by atoms with Gasteiger partial charge in [-0.05, 0) is 25.3 Å². The maximum absolute atomic E-state index is 11.5. The minimum absolute atomic E-state index is 0.316. The van der Waals surface area contributed by atoms with Crippen molar-refractivity contribution in [3.63, 3.8) is 0 Å². The monoisotopic (exact) mass is 182 g/mol. The summed E-state index contributed by atoms with van der Waals surface area (Å²) in [6.45, 7) is 5.01. The minimum atomic E-state index is 0.316. The number of hydrogen-bond acceptors (Lipinski definition) is 2. The van der Waals surface area contributed by atoms with Crippen LogP contribution < -0.4 is 5.32 Å². The van der Waals surface area contributed by atoms with E-state index in [9.17, 15) is 4.79 Å². The van der Waals surface area contributed by atoms with Crippen LogP contribution in [-0.4, -0.2) is 36.5 Å². The summed E-state index contributed by atoms with van der Waals surface area (Å²) >= 11 is 0. The van der Waals surface area contributed by atoms with Gasteiger partial charge in [0.15, 0.2) is 0 Å². The minimum Gasteiger partial charge on any atom is -0.341 e. The van der Waals surface area contributed by atoms with Crippen LogP contribution in [0.15, 0.2) is 0 Å². The number of amides is 1. The summed E-state index contributed by atoms with van der Waals surface area (Å²) in [6.07, 6.45) is 3.22. The molecule has 2 rings (SSSR count). The van der Waals surface area contributed by atoms with Gasteiger partial charge in [-0.15, -0.1) is 0 Å². The smallest absolute Gasteiger partial charge is 0.222 e. The molecule has 2 aliphatic rings. The molecule has 74 valence electrons. The van der Waals surface area contributed by atoms with Gasteiger partial charge in [-0.2, -0.15) is 0 Å². The second-order valence-corrected chi connectivity index (χ2v) is 4.12. The maximum Gasteiger partial charge on any atom is 0.222 e. The van der Waals surface area contributed by atoms with E-state index in [1.54, 1.807) is 0 Å². The second kappa shape index (κ2) is 3.66. The first-order valence-corrected chi connectivity index (χ1v) is 5.32. The summed E-state index contributed by atoms with van der Waals surface area (Å²) in [7, 11) is 0. The zero-order valence-corrected chi connectivity index (χ0v) is 8.25. The van der Waals surface area contributed by atoms with E-state index in [0.29, 0.717) is 18.4 Å². The average Bonchev–Trinajstić information content (AvgIpc) is 2.59. The van der Waals surface area contributed by atoms with E-state index in [1.807, 2.05) is 11.8 Å². The molecule has 0 unspecified atom stereocenters. The van der Waals surface area contributed by atoms with Crippen LogP contribution in [0, 0.1) is 5.92 Å². The van der Waals surface area contributed by atoms with E-state index in [-0.39, 0.29) is 0 Å². The molecule has 13 heavy (non-hydrogen) atoms. The highest BCUT2D eigenvalue weighted by molar-refractivity contribution is 5.76. The number of rotatable bonds is 1. The van der Waals surface area contributed by atoms with Crippen LogP contribution >= 0.6 is 0 Å². The van der Waals surface area contributed by atoms with E-state index in [0.717, 1.165) is 25.6 Å². The average molecular weight is 182 g/mol. The zero-order chi connectivity index (χ0) is 9.26. The largest absolute Gasteiger partial charge is 0.341 e. The molecule has 1 amide bonds. The third kappa shape index (κ3) is 1.70. The van der Waals surface area contributed by atoms with Crippen molar-refractivity contribution in [1.82, 2.24) is 10.2 Å². The van der Waals surface area contributed by atoms with Crippen LogP contribution in [-0.2, 0) is 4.79 Å². The van der Waals surface area contributed by atoms with Crippen molar-refractivity contribution in [1.29, 1.82) is 0 Å². The third-order valence-corrected chi connectivity index (χ3v) is 3.25. The van der Waals surface area contributed by atoms with Gasteiger partial charge in [0.05, 0.1) is 0 Å². The van der Waals surface area contributed by atoms with Crippen molar-refractivity contribution >= 4 is 5.91 Å². The maximum atomic E-state index is 11.5. The number of carbonyl (C=O) groups excluding carboxylic acids is 1. The van der Waals surface area contributed by atoms with E-state index in [2.05, 4.69) is 5.32 Å². The molecular weight excluding hydrogens is 164 g/mol. The predicted molar refractivity (Wildman–Crippen MR) is 51.4 cm³/mol. The molecule has 3 nitrogen and oxygen atoms in total. The Labute approximate surface area is 79.5 Å². The number of fused-ring (bicyclic) bond motifs is 1. The Bertz CT molecular complexity index is 191. The topological polar surface area (TPSA) is 32.3 Å². The van der Waals surface area contributed by atoms with Crippen LogP contribution in [0.4, 0.5) is 0 Å². The van der Waals surface area contributed by atoms with Gasteiger partial charge in [-0.25, -0.2) is 0 Å². The molecule has 1 N–H and O–H groups in total. The van der Waals surface area contributed by atoms with Gasteiger partial charge in [0.2, 0.25) is 5.91 Å². The van der Waals surface area contributed by atoms with Crippen LogP contribution in [0.2, 0.25) is 0 Å². The highest BCUT2D eigenvalue weighted by Crippen LogP contribution is 2.24. The fourth-order valence-electron chi connectivity index (χ4n) is 2.47. The summed E-state index contributed by atoms with van der Waals surface area (Å²) in [5.41, 5.74) is 0. The molecule has 2 saturated heterocycles. The third-order valence-electron chi connectivity index (χ3n) is 3.25. The molecule has 3 heteroatoms. The van der Waals surface area contributed by atoms with Crippen molar-refractivity contribution < 1.29 is 4.79 Å². The summed E-state index contributed by atoms with van der Waals surface area (Å²) in [5, 5.41) is 3.50. The Morgan fingerprint density at radius 3 is 3.08 bits per heavy atom. The molecule has 0 aliphatic carbocycles. The van der Waals surface area contributed by atoms with E-state index < -0.39 is 0 Å². The lowest BCUT2D eigenvalue weighted by atomic mass is 9.94. The van der Waals surface area contributed by atoms with Gasteiger partial charge >= 0.3 is 0 Å². The summed E-state index contributed by atoms with van der Waals surface area (Å²) < 4.78 is 0. The number of hydrogen-bond donors (Lipinski definition) is 1. The van der Waals surface area contributed by atoms with Gasteiger partial charge < -0.3 is 10.2 Å². The Hall–Kier alpha value is -0.570. The molecule has 0 saturated carbocycles. The van der Waals surface area contributed by atoms with E-state index in [1.165, 1.54) is 12.8 Å². The molecule has 2 atom stereocenters. The van der Waals surface area contributed by atoms with Gasteiger partial charge in [0.1, 0.15) is 0 Å². The summed E-state index contributed by atoms with van der Waals surface area (Å²) in [6, 6.07) is 0.587. The predicted octanol–water partition coefficient (Wildman–Crippen LogP) is 0.607. The van der Waals surface area contributed by atoms with Crippen LogP contribution in [0.5, 0.6) is 0 Å². The van der Waals surface area contributed by atoms with E-state index in [4.69, 9.17) is 0 Å². The van der Waals surface area contributed by atoms with Gasteiger partial charge in [0.25, 0.3) is 0 Å². The Morgan fingerprint density at radius 1 is 1.54 bits per heavy atom. The fourth-order valence-corrected chi connectivity index (χ4v) is 2.47. The van der Waals surface area contributed by atoms with Crippen LogP contribution in [0.25, 0.3) is 0 Å². The van der Waals surface area contributed by atoms with Gasteiger partial charge in [-0.1, -0.05) is 6.92 Å². The zero-order valence-electron chi connectivity index (χ0n) is 8.25. The van der Waals surface area contributed by atoms with Crippen molar-refractivity contribution in [2.45, 2.75) is 32.2 Å². The van der Waals surface area contributed by atoms with Crippen molar-refractivity contribution in [3.8, 4) is 0 Å². The van der Waals surface area contributed by atoms with Crippen LogP contribution in [0.1, 0.15) is 26.2 Å². The Balaban J connectivity index is 1.94. The lowest BCUT2D eigenvalue weighted by Crippen LogP contribution is -2.41. The normalized spacial score (nSPS) is 33.2. The molecule has 2 fully saturated rings.